The second-order valence-electron chi connectivity index (χ2n) is 3.03. The van der Waals surface area contributed by atoms with Gasteiger partial charge in [0.1, 0.15) is 0 Å². The fourth-order valence-corrected chi connectivity index (χ4v) is 1.20. The van der Waals surface area contributed by atoms with Crippen LogP contribution < -0.4 is 5.73 Å². The normalized spacial score (nSPS) is 14.2. The van der Waals surface area contributed by atoms with Crippen LogP contribution in [0.1, 0.15) is 24.1 Å². The van der Waals surface area contributed by atoms with Gasteiger partial charge >= 0.3 is 0 Å². The van der Waals surface area contributed by atoms with Crippen molar-refractivity contribution in [3.8, 4) is 0 Å². The van der Waals surface area contributed by atoms with Crippen LogP contribution in [0, 0.1) is 0 Å². The number of hydrogen-bond donors (Lipinski definition) is 1. The number of nitrogens with two attached hydrogens (primary N) is 1. The summed E-state index contributed by atoms with van der Waals surface area (Å²) >= 11 is 0. The minimum Gasteiger partial charge on any atom is -0.324 e. The van der Waals surface area contributed by atoms with Crippen molar-refractivity contribution in [2.75, 3.05) is 0 Å². The molecule has 0 aliphatic carbocycles. The lowest BCUT2D eigenvalue weighted by molar-refractivity contribution is 0.104. The minimum absolute atomic E-state index is 0.0121. The van der Waals surface area contributed by atoms with Crippen LogP contribution in [0.25, 0.3) is 0 Å². The van der Waals surface area contributed by atoms with Crippen LogP contribution in [-0.2, 0) is 5.66 Å². The smallest absolute Gasteiger partial charge is 0.283 e. The first kappa shape index (κ1) is 10.6. The summed E-state index contributed by atoms with van der Waals surface area (Å²) in [6.07, 6.45) is 0. The Balaban J connectivity index is 2.94. The summed E-state index contributed by atoms with van der Waals surface area (Å²) in [5.74, 6) is 0. The zero-order valence-electron chi connectivity index (χ0n) is 7.30. The second-order valence-corrected chi connectivity index (χ2v) is 3.76. The predicted octanol–water partition coefficient (Wildman–Crippen LogP) is 2.63. The molecule has 0 fully saturated rings. The molecule has 0 saturated carbocycles. The van der Waals surface area contributed by atoms with Crippen LogP contribution in [0.15, 0.2) is 24.3 Å². The van der Waals surface area contributed by atoms with Gasteiger partial charge in [0.25, 0.3) is 5.66 Å². The highest BCUT2D eigenvalue weighted by atomic mass is 31.0. The molecule has 13 heavy (non-hydrogen) atoms. The summed E-state index contributed by atoms with van der Waals surface area (Å²) < 4.78 is 25.4. The van der Waals surface area contributed by atoms with Crippen LogP contribution in [0.5, 0.6) is 0 Å². The van der Waals surface area contributed by atoms with E-state index in [2.05, 4.69) is 0 Å². The predicted molar refractivity (Wildman–Crippen MR) is 52.6 cm³/mol. The quantitative estimate of drug-likeness (QED) is 0.734. The Hall–Kier alpha value is -0.530. The molecule has 0 spiro atoms. The van der Waals surface area contributed by atoms with Crippen molar-refractivity contribution in [2.45, 2.75) is 18.6 Å². The Morgan fingerprint density at radius 3 is 2.08 bits per heavy atom. The van der Waals surface area contributed by atoms with E-state index in [1.807, 2.05) is 6.92 Å². The first-order valence-electron chi connectivity index (χ1n) is 3.94. The van der Waals surface area contributed by atoms with Crippen molar-refractivity contribution < 1.29 is 8.78 Å². The molecule has 1 nitrogen and oxygen atoms in total. The van der Waals surface area contributed by atoms with Gasteiger partial charge in [0.15, 0.2) is 0 Å². The molecular formula is C9H12F2NP. The molecule has 0 saturated heterocycles. The maximum Gasteiger partial charge on any atom is 0.283 e. The summed E-state index contributed by atoms with van der Waals surface area (Å²) in [5, 5.41) is 0. The van der Waals surface area contributed by atoms with Gasteiger partial charge in [-0.15, -0.1) is 0 Å². The lowest BCUT2D eigenvalue weighted by Gasteiger charge is -2.11. The van der Waals surface area contributed by atoms with Crippen molar-refractivity contribution >= 4 is 9.24 Å². The van der Waals surface area contributed by atoms with E-state index in [0.717, 1.165) is 5.56 Å². The Morgan fingerprint density at radius 2 is 1.77 bits per heavy atom. The lowest BCUT2D eigenvalue weighted by Crippen LogP contribution is -2.06. The topological polar surface area (TPSA) is 26.0 Å². The van der Waals surface area contributed by atoms with Crippen LogP contribution in [-0.4, -0.2) is 0 Å². The molecule has 1 rings (SSSR count). The largest absolute Gasteiger partial charge is 0.324 e. The first-order chi connectivity index (χ1) is 5.91. The molecule has 1 aromatic carbocycles. The van der Waals surface area contributed by atoms with Gasteiger partial charge in [0, 0.05) is 11.6 Å². The number of hydrogen-bond acceptors (Lipinski definition) is 1. The molecular weight excluding hydrogens is 191 g/mol. The maximum absolute atomic E-state index is 12.7. The highest BCUT2D eigenvalue weighted by Gasteiger charge is 2.23. The Bertz CT molecular complexity index is 277. The third-order valence-corrected chi connectivity index (χ3v) is 2.15. The average Bonchev–Trinajstić information content (AvgIpc) is 2.03. The number of benzene rings is 1. The molecule has 4 heteroatoms. The molecule has 0 radical (unpaired) electrons. The van der Waals surface area contributed by atoms with E-state index in [9.17, 15) is 8.78 Å². The molecule has 2 atom stereocenters. The summed E-state index contributed by atoms with van der Waals surface area (Å²) in [5.41, 5.74) is 3.58. The highest BCUT2D eigenvalue weighted by molar-refractivity contribution is 7.17. The van der Waals surface area contributed by atoms with Gasteiger partial charge < -0.3 is 5.73 Å². The summed E-state index contributed by atoms with van der Waals surface area (Å²) in [6, 6.07) is 5.92. The molecule has 1 unspecified atom stereocenters. The van der Waals surface area contributed by atoms with Gasteiger partial charge in [0.05, 0.1) is 0 Å². The van der Waals surface area contributed by atoms with Crippen molar-refractivity contribution in [2.24, 2.45) is 5.73 Å². The van der Waals surface area contributed by atoms with Gasteiger partial charge in [-0.25, -0.2) is 0 Å². The summed E-state index contributed by atoms with van der Waals surface area (Å²) in [4.78, 5) is 0. The Kier molecular flexibility index (Phi) is 2.99. The Morgan fingerprint density at radius 1 is 1.31 bits per heavy atom. The van der Waals surface area contributed by atoms with E-state index in [1.165, 1.54) is 21.4 Å². The number of rotatable bonds is 2. The first-order valence-corrected chi connectivity index (χ1v) is 4.51. The van der Waals surface area contributed by atoms with E-state index in [4.69, 9.17) is 5.73 Å². The van der Waals surface area contributed by atoms with Crippen LogP contribution in [0.3, 0.4) is 0 Å². The molecule has 0 heterocycles. The zero-order valence-corrected chi connectivity index (χ0v) is 8.45. The fourth-order valence-electron chi connectivity index (χ4n) is 1.01. The van der Waals surface area contributed by atoms with Crippen molar-refractivity contribution in [3.05, 3.63) is 35.4 Å². The van der Waals surface area contributed by atoms with Gasteiger partial charge in [-0.3, -0.25) is 0 Å². The van der Waals surface area contributed by atoms with E-state index < -0.39 is 5.66 Å². The van der Waals surface area contributed by atoms with Crippen LogP contribution in [0.2, 0.25) is 0 Å². The van der Waals surface area contributed by atoms with E-state index in [1.54, 1.807) is 12.1 Å². The van der Waals surface area contributed by atoms with Crippen molar-refractivity contribution in [3.63, 3.8) is 0 Å². The van der Waals surface area contributed by atoms with Gasteiger partial charge in [-0.2, -0.15) is 8.78 Å². The fraction of sp³-hybridized carbons (Fsp3) is 0.333. The summed E-state index contributed by atoms with van der Waals surface area (Å²) in [6.45, 7) is 1.81. The third-order valence-electron chi connectivity index (χ3n) is 1.82. The van der Waals surface area contributed by atoms with Crippen LogP contribution >= 0.6 is 9.24 Å². The molecule has 0 aliphatic rings. The SMILES string of the molecule is C[C@H](N)c1ccc(C(F)(F)P)cc1. The van der Waals surface area contributed by atoms with E-state index in [0.29, 0.717) is 0 Å². The van der Waals surface area contributed by atoms with E-state index >= 15 is 0 Å². The molecule has 2 N–H and O–H groups in total. The number of alkyl halides is 2. The minimum atomic E-state index is -2.85. The molecule has 0 amide bonds. The van der Waals surface area contributed by atoms with E-state index in [-0.39, 0.29) is 11.6 Å². The molecule has 0 aromatic heterocycles. The average molecular weight is 203 g/mol. The second kappa shape index (κ2) is 3.69. The zero-order chi connectivity index (χ0) is 10.1. The molecule has 0 aliphatic heterocycles. The third kappa shape index (κ3) is 2.71. The molecule has 1 aromatic rings. The van der Waals surface area contributed by atoms with Crippen molar-refractivity contribution in [1.29, 1.82) is 0 Å². The highest BCUT2D eigenvalue weighted by Crippen LogP contribution is 2.34. The molecule has 72 valence electrons. The molecule has 0 bridgehead atoms. The standard InChI is InChI=1S/C9H12F2NP/c1-6(12)7-2-4-8(5-3-7)9(10,11)13/h2-6H,12-13H2,1H3/t6-/m0/s1. The maximum atomic E-state index is 12.7. The van der Waals surface area contributed by atoms with Gasteiger partial charge in [0.2, 0.25) is 0 Å². The Labute approximate surface area is 78.5 Å². The summed E-state index contributed by atoms with van der Waals surface area (Å²) in [7, 11) is 1.51. The lowest BCUT2D eigenvalue weighted by atomic mass is 10.1. The van der Waals surface area contributed by atoms with Crippen LogP contribution in [0.4, 0.5) is 8.78 Å². The monoisotopic (exact) mass is 203 g/mol. The van der Waals surface area contributed by atoms with Crippen molar-refractivity contribution in [1.82, 2.24) is 0 Å². The van der Waals surface area contributed by atoms with Gasteiger partial charge in [-0.1, -0.05) is 33.5 Å². The van der Waals surface area contributed by atoms with Gasteiger partial charge in [-0.05, 0) is 12.5 Å². The number of halogens is 2.